The van der Waals surface area contributed by atoms with E-state index in [9.17, 15) is 4.79 Å². The van der Waals surface area contributed by atoms with E-state index < -0.39 is 5.97 Å². The standard InChI is InChI=1S/C9H17NO3/c1-4-13-6-5-10(3)7-8(2)9(11)12/h2,4-7H2,1,3H3,(H,11,12). The van der Waals surface area contributed by atoms with Gasteiger partial charge in [0, 0.05) is 25.3 Å². The van der Waals surface area contributed by atoms with Crippen LogP contribution in [0.2, 0.25) is 0 Å². The maximum Gasteiger partial charge on any atom is 0.332 e. The quantitative estimate of drug-likeness (QED) is 0.468. The van der Waals surface area contributed by atoms with Gasteiger partial charge in [-0.25, -0.2) is 4.79 Å². The molecule has 0 spiro atoms. The Morgan fingerprint density at radius 2 is 2.23 bits per heavy atom. The van der Waals surface area contributed by atoms with E-state index in [1.54, 1.807) is 0 Å². The van der Waals surface area contributed by atoms with Crippen molar-refractivity contribution in [3.05, 3.63) is 12.2 Å². The molecule has 0 amide bonds. The van der Waals surface area contributed by atoms with E-state index in [2.05, 4.69) is 6.58 Å². The first-order chi connectivity index (χ1) is 6.07. The second kappa shape index (κ2) is 6.62. The Hall–Kier alpha value is -0.870. The van der Waals surface area contributed by atoms with Gasteiger partial charge in [-0.05, 0) is 14.0 Å². The minimum Gasteiger partial charge on any atom is -0.478 e. The van der Waals surface area contributed by atoms with E-state index in [0.29, 0.717) is 19.8 Å². The Bertz CT molecular complexity index is 180. The molecule has 0 aromatic carbocycles. The number of likely N-dealkylation sites (N-methyl/N-ethyl adjacent to an activating group) is 1. The normalized spacial score (nSPS) is 10.4. The lowest BCUT2D eigenvalue weighted by atomic mass is 10.3. The van der Waals surface area contributed by atoms with Crippen molar-refractivity contribution in [2.24, 2.45) is 0 Å². The average molecular weight is 187 g/mol. The number of nitrogens with zero attached hydrogens (tertiary/aromatic N) is 1. The second-order valence-electron chi connectivity index (χ2n) is 2.84. The lowest BCUT2D eigenvalue weighted by Crippen LogP contribution is -2.27. The first-order valence-electron chi connectivity index (χ1n) is 4.25. The fourth-order valence-electron chi connectivity index (χ4n) is 0.837. The van der Waals surface area contributed by atoms with Gasteiger partial charge in [0.15, 0.2) is 0 Å². The smallest absolute Gasteiger partial charge is 0.332 e. The van der Waals surface area contributed by atoms with Crippen LogP contribution in [0.1, 0.15) is 6.92 Å². The number of aliphatic carboxylic acids is 1. The Kier molecular flexibility index (Phi) is 6.18. The van der Waals surface area contributed by atoms with Crippen molar-refractivity contribution in [1.29, 1.82) is 0 Å². The summed E-state index contributed by atoms with van der Waals surface area (Å²) < 4.78 is 5.13. The molecule has 0 aliphatic heterocycles. The highest BCUT2D eigenvalue weighted by Crippen LogP contribution is 1.94. The number of hydrogen-bond donors (Lipinski definition) is 1. The maximum atomic E-state index is 10.4. The van der Waals surface area contributed by atoms with Crippen LogP contribution in [0.3, 0.4) is 0 Å². The lowest BCUT2D eigenvalue weighted by molar-refractivity contribution is -0.132. The van der Waals surface area contributed by atoms with Crippen molar-refractivity contribution in [1.82, 2.24) is 4.90 Å². The monoisotopic (exact) mass is 187 g/mol. The van der Waals surface area contributed by atoms with Gasteiger partial charge >= 0.3 is 5.97 Å². The summed E-state index contributed by atoms with van der Waals surface area (Å²) in [4.78, 5) is 12.3. The average Bonchev–Trinajstić information content (AvgIpc) is 2.04. The molecule has 0 atom stereocenters. The lowest BCUT2D eigenvalue weighted by Gasteiger charge is -2.15. The molecule has 0 aromatic rings. The molecule has 13 heavy (non-hydrogen) atoms. The van der Waals surface area contributed by atoms with E-state index in [0.717, 1.165) is 6.54 Å². The minimum absolute atomic E-state index is 0.207. The molecule has 0 heterocycles. The van der Waals surface area contributed by atoms with E-state index in [1.165, 1.54) is 0 Å². The number of ether oxygens (including phenoxy) is 1. The number of carboxylic acids is 1. The van der Waals surface area contributed by atoms with Gasteiger partial charge in [0.2, 0.25) is 0 Å². The van der Waals surface area contributed by atoms with Crippen LogP contribution >= 0.6 is 0 Å². The van der Waals surface area contributed by atoms with Gasteiger partial charge in [-0.2, -0.15) is 0 Å². The molecule has 0 rings (SSSR count). The van der Waals surface area contributed by atoms with Gasteiger partial charge in [0.25, 0.3) is 0 Å². The summed E-state index contributed by atoms with van der Waals surface area (Å²) in [7, 11) is 1.84. The number of carbonyl (C=O) groups is 1. The van der Waals surface area contributed by atoms with E-state index in [4.69, 9.17) is 9.84 Å². The first kappa shape index (κ1) is 12.1. The van der Waals surface area contributed by atoms with Crippen LogP contribution in [-0.4, -0.2) is 49.3 Å². The van der Waals surface area contributed by atoms with E-state index in [1.807, 2.05) is 18.9 Å². The van der Waals surface area contributed by atoms with Gasteiger partial charge in [-0.15, -0.1) is 0 Å². The van der Waals surface area contributed by atoms with Gasteiger partial charge in [-0.1, -0.05) is 6.58 Å². The topological polar surface area (TPSA) is 49.8 Å². The van der Waals surface area contributed by atoms with Crippen molar-refractivity contribution in [3.8, 4) is 0 Å². The predicted molar refractivity (Wildman–Crippen MR) is 50.8 cm³/mol. The molecule has 0 saturated heterocycles. The van der Waals surface area contributed by atoms with Crippen molar-refractivity contribution in [3.63, 3.8) is 0 Å². The highest BCUT2D eigenvalue weighted by atomic mass is 16.5. The molecular formula is C9H17NO3. The highest BCUT2D eigenvalue weighted by molar-refractivity contribution is 5.86. The molecule has 0 unspecified atom stereocenters. The van der Waals surface area contributed by atoms with Gasteiger partial charge in [0.1, 0.15) is 0 Å². The summed E-state index contributed by atoms with van der Waals surface area (Å²) in [5.41, 5.74) is 0.207. The summed E-state index contributed by atoms with van der Waals surface area (Å²) in [6, 6.07) is 0. The second-order valence-corrected chi connectivity index (χ2v) is 2.84. The molecule has 0 aromatic heterocycles. The molecule has 76 valence electrons. The fraction of sp³-hybridized carbons (Fsp3) is 0.667. The van der Waals surface area contributed by atoms with Crippen LogP contribution in [0.4, 0.5) is 0 Å². The number of rotatable bonds is 7. The molecule has 0 bridgehead atoms. The molecule has 4 heteroatoms. The summed E-state index contributed by atoms with van der Waals surface area (Å²) in [5.74, 6) is -0.941. The Labute approximate surface area is 78.8 Å². The zero-order chi connectivity index (χ0) is 10.3. The Morgan fingerprint density at radius 3 is 2.69 bits per heavy atom. The van der Waals surface area contributed by atoms with Crippen LogP contribution < -0.4 is 0 Å². The SMILES string of the molecule is C=C(CN(C)CCOCC)C(=O)O. The third kappa shape index (κ3) is 6.31. The highest BCUT2D eigenvalue weighted by Gasteiger charge is 2.06. The molecule has 0 aliphatic rings. The van der Waals surface area contributed by atoms with Gasteiger partial charge in [-0.3, -0.25) is 4.90 Å². The largest absolute Gasteiger partial charge is 0.478 e. The summed E-state index contributed by atoms with van der Waals surface area (Å²) >= 11 is 0. The zero-order valence-corrected chi connectivity index (χ0v) is 8.25. The van der Waals surface area contributed by atoms with Crippen molar-refractivity contribution in [2.75, 3.05) is 33.4 Å². The van der Waals surface area contributed by atoms with Crippen LogP contribution in [0.5, 0.6) is 0 Å². The van der Waals surface area contributed by atoms with Crippen LogP contribution in [0.15, 0.2) is 12.2 Å². The predicted octanol–water partition coefficient (Wildman–Crippen LogP) is 0.595. The molecule has 0 radical (unpaired) electrons. The third-order valence-electron chi connectivity index (χ3n) is 1.58. The van der Waals surface area contributed by atoms with Crippen molar-refractivity contribution < 1.29 is 14.6 Å². The minimum atomic E-state index is -0.941. The van der Waals surface area contributed by atoms with Crippen LogP contribution in [0.25, 0.3) is 0 Å². The summed E-state index contributed by atoms with van der Waals surface area (Å²) in [6.45, 7) is 7.78. The Balaban J connectivity index is 3.55. The molecule has 0 aliphatic carbocycles. The van der Waals surface area contributed by atoms with Crippen molar-refractivity contribution in [2.45, 2.75) is 6.92 Å². The molecule has 0 saturated carbocycles. The fourth-order valence-corrected chi connectivity index (χ4v) is 0.837. The molecular weight excluding hydrogens is 170 g/mol. The van der Waals surface area contributed by atoms with Crippen LogP contribution in [0, 0.1) is 0 Å². The summed E-state index contributed by atoms with van der Waals surface area (Å²) in [5, 5.41) is 8.55. The van der Waals surface area contributed by atoms with Crippen molar-refractivity contribution >= 4 is 5.97 Å². The zero-order valence-electron chi connectivity index (χ0n) is 8.25. The van der Waals surface area contributed by atoms with E-state index in [-0.39, 0.29) is 5.57 Å². The molecule has 4 nitrogen and oxygen atoms in total. The molecule has 0 fully saturated rings. The first-order valence-corrected chi connectivity index (χ1v) is 4.25. The summed E-state index contributed by atoms with van der Waals surface area (Å²) in [6.07, 6.45) is 0. The number of hydrogen-bond acceptors (Lipinski definition) is 3. The van der Waals surface area contributed by atoms with Gasteiger partial charge < -0.3 is 9.84 Å². The van der Waals surface area contributed by atoms with Crippen LogP contribution in [-0.2, 0) is 9.53 Å². The third-order valence-corrected chi connectivity index (χ3v) is 1.58. The maximum absolute atomic E-state index is 10.4. The molecule has 1 N–H and O–H groups in total. The Morgan fingerprint density at radius 1 is 1.62 bits per heavy atom. The van der Waals surface area contributed by atoms with E-state index >= 15 is 0 Å². The van der Waals surface area contributed by atoms with Gasteiger partial charge in [0.05, 0.1) is 6.61 Å². The number of carboxylic acid groups (broad SMARTS) is 1.